The fraction of sp³-hybridized carbons (Fsp3) is 0.158. The minimum absolute atomic E-state index is 0.177. The first-order chi connectivity index (χ1) is 10.7. The molecule has 1 heterocycles. The van der Waals surface area contributed by atoms with E-state index in [1.165, 1.54) is 5.57 Å². The summed E-state index contributed by atoms with van der Waals surface area (Å²) in [6.07, 6.45) is 8.96. The van der Waals surface area contributed by atoms with Gasteiger partial charge < -0.3 is 16.2 Å². The molecular weight excluding hydrogens is 272 g/mol. The second-order valence-corrected chi connectivity index (χ2v) is 5.81. The maximum absolute atomic E-state index is 6.05. The summed E-state index contributed by atoms with van der Waals surface area (Å²) < 4.78 is 6.05. The Balaban J connectivity index is 1.93. The second-order valence-electron chi connectivity index (χ2n) is 5.81. The first-order valence-corrected chi connectivity index (χ1v) is 7.55. The molecule has 0 atom stereocenters. The lowest BCUT2D eigenvalue weighted by molar-refractivity contribution is 0.453. The van der Waals surface area contributed by atoms with Crippen LogP contribution in [-0.4, -0.2) is 0 Å². The molecular formula is C19H18N2O. The molecule has 0 saturated heterocycles. The van der Waals surface area contributed by atoms with Crippen molar-refractivity contribution >= 4 is 11.4 Å². The smallest absolute Gasteiger partial charge is 0.133 e. The molecule has 3 heteroatoms. The van der Waals surface area contributed by atoms with Gasteiger partial charge in [-0.15, -0.1) is 0 Å². The number of nitrogens with two attached hydrogens (primary N) is 2. The molecule has 0 spiro atoms. The van der Waals surface area contributed by atoms with Gasteiger partial charge in [-0.1, -0.05) is 30.4 Å². The van der Waals surface area contributed by atoms with Crippen LogP contribution >= 0.6 is 0 Å². The van der Waals surface area contributed by atoms with E-state index in [0.29, 0.717) is 11.4 Å². The van der Waals surface area contributed by atoms with E-state index in [1.807, 2.05) is 24.3 Å². The SMILES string of the molecule is Nc1ccc2c(c1)Oc1cc(N)ccc1C2C1=CCCC=C1. The molecule has 22 heavy (non-hydrogen) atoms. The fourth-order valence-corrected chi connectivity index (χ4v) is 3.25. The van der Waals surface area contributed by atoms with Crippen molar-refractivity contribution in [1.82, 2.24) is 0 Å². The summed E-state index contributed by atoms with van der Waals surface area (Å²) in [5.74, 6) is 1.82. The molecule has 0 amide bonds. The molecule has 0 unspecified atom stereocenters. The maximum atomic E-state index is 6.05. The number of allylic oxidation sites excluding steroid dienone is 4. The van der Waals surface area contributed by atoms with E-state index in [2.05, 4.69) is 30.4 Å². The lowest BCUT2D eigenvalue weighted by Crippen LogP contribution is -2.13. The average Bonchev–Trinajstić information content (AvgIpc) is 2.53. The van der Waals surface area contributed by atoms with Gasteiger partial charge in [-0.2, -0.15) is 0 Å². The van der Waals surface area contributed by atoms with Crippen LogP contribution in [0.2, 0.25) is 0 Å². The first-order valence-electron chi connectivity index (χ1n) is 7.55. The van der Waals surface area contributed by atoms with Crippen molar-refractivity contribution in [3.63, 3.8) is 0 Å². The van der Waals surface area contributed by atoms with Gasteiger partial charge >= 0.3 is 0 Å². The molecule has 2 aromatic carbocycles. The van der Waals surface area contributed by atoms with Gasteiger partial charge in [-0.25, -0.2) is 0 Å². The highest BCUT2D eigenvalue weighted by Crippen LogP contribution is 2.49. The number of nitrogen functional groups attached to an aromatic ring is 2. The van der Waals surface area contributed by atoms with Gasteiger partial charge in [0.25, 0.3) is 0 Å². The average molecular weight is 290 g/mol. The van der Waals surface area contributed by atoms with Crippen LogP contribution in [0.1, 0.15) is 29.9 Å². The highest BCUT2D eigenvalue weighted by molar-refractivity contribution is 5.64. The third-order valence-electron chi connectivity index (χ3n) is 4.27. The molecule has 0 fully saturated rings. The third-order valence-corrected chi connectivity index (χ3v) is 4.27. The lowest BCUT2D eigenvalue weighted by atomic mass is 9.80. The highest BCUT2D eigenvalue weighted by Gasteiger charge is 2.29. The minimum atomic E-state index is 0.177. The normalized spacial score (nSPS) is 16.5. The molecule has 4 rings (SSSR count). The molecule has 0 radical (unpaired) electrons. The van der Waals surface area contributed by atoms with Crippen molar-refractivity contribution in [2.45, 2.75) is 18.8 Å². The van der Waals surface area contributed by atoms with Gasteiger partial charge in [-0.3, -0.25) is 0 Å². The number of fused-ring (bicyclic) bond motifs is 2. The fourth-order valence-electron chi connectivity index (χ4n) is 3.25. The van der Waals surface area contributed by atoms with Crippen LogP contribution in [0.5, 0.6) is 11.5 Å². The Hall–Kier alpha value is -2.68. The van der Waals surface area contributed by atoms with Gasteiger partial charge in [0.2, 0.25) is 0 Å². The molecule has 0 saturated carbocycles. The predicted octanol–water partition coefficient (Wildman–Crippen LogP) is 4.37. The van der Waals surface area contributed by atoms with E-state index in [9.17, 15) is 0 Å². The molecule has 3 nitrogen and oxygen atoms in total. The Morgan fingerprint density at radius 2 is 1.50 bits per heavy atom. The molecule has 4 N–H and O–H groups in total. The van der Waals surface area contributed by atoms with Gasteiger partial charge in [0.15, 0.2) is 0 Å². The van der Waals surface area contributed by atoms with Crippen molar-refractivity contribution in [1.29, 1.82) is 0 Å². The number of rotatable bonds is 1. The van der Waals surface area contributed by atoms with E-state index in [0.717, 1.165) is 35.5 Å². The lowest BCUT2D eigenvalue weighted by Gasteiger charge is -2.30. The number of hydrogen-bond donors (Lipinski definition) is 2. The number of benzene rings is 2. The van der Waals surface area contributed by atoms with Gasteiger partial charge in [0, 0.05) is 40.6 Å². The van der Waals surface area contributed by atoms with Crippen LogP contribution in [0.4, 0.5) is 11.4 Å². The summed E-state index contributed by atoms with van der Waals surface area (Å²) in [5.41, 5.74) is 16.9. The Morgan fingerprint density at radius 1 is 0.864 bits per heavy atom. The molecule has 0 bridgehead atoms. The Kier molecular flexibility index (Phi) is 2.93. The highest BCUT2D eigenvalue weighted by atomic mass is 16.5. The van der Waals surface area contributed by atoms with Crippen molar-refractivity contribution in [2.24, 2.45) is 0 Å². The summed E-state index contributed by atoms with van der Waals surface area (Å²) in [5, 5.41) is 0. The zero-order chi connectivity index (χ0) is 15.1. The first kappa shape index (κ1) is 13.0. The summed E-state index contributed by atoms with van der Waals surface area (Å²) in [4.78, 5) is 0. The summed E-state index contributed by atoms with van der Waals surface area (Å²) in [7, 11) is 0. The third kappa shape index (κ3) is 2.06. The van der Waals surface area contributed by atoms with E-state index < -0.39 is 0 Å². The van der Waals surface area contributed by atoms with E-state index in [1.54, 1.807) is 0 Å². The van der Waals surface area contributed by atoms with Crippen molar-refractivity contribution in [2.75, 3.05) is 11.5 Å². The Labute approximate surface area is 129 Å². The molecule has 1 aliphatic carbocycles. The molecule has 1 aliphatic heterocycles. The van der Waals surface area contributed by atoms with Crippen LogP contribution in [0.3, 0.4) is 0 Å². The molecule has 0 aromatic heterocycles. The number of hydrogen-bond acceptors (Lipinski definition) is 3. The monoisotopic (exact) mass is 290 g/mol. The van der Waals surface area contributed by atoms with E-state index in [-0.39, 0.29) is 5.92 Å². The van der Waals surface area contributed by atoms with Crippen molar-refractivity contribution in [3.05, 3.63) is 71.3 Å². The van der Waals surface area contributed by atoms with Crippen LogP contribution in [-0.2, 0) is 0 Å². The van der Waals surface area contributed by atoms with Crippen LogP contribution in [0.15, 0.2) is 60.2 Å². The standard InChI is InChI=1S/C19H18N2O/c20-13-6-8-15-17(10-13)22-18-11-14(21)7-9-16(18)19(15)12-4-2-1-3-5-12/h2,4-11,19H,1,3,20-21H2. The van der Waals surface area contributed by atoms with Crippen LogP contribution in [0, 0.1) is 0 Å². The minimum Gasteiger partial charge on any atom is -0.457 e. The quantitative estimate of drug-likeness (QED) is 0.767. The zero-order valence-electron chi connectivity index (χ0n) is 12.3. The number of ether oxygens (including phenoxy) is 1. The maximum Gasteiger partial charge on any atom is 0.133 e. The molecule has 2 aliphatic rings. The van der Waals surface area contributed by atoms with Gasteiger partial charge in [-0.05, 0) is 30.5 Å². The number of anilines is 2. The Morgan fingerprint density at radius 3 is 2.05 bits per heavy atom. The van der Waals surface area contributed by atoms with Crippen molar-refractivity contribution in [3.8, 4) is 11.5 Å². The van der Waals surface area contributed by atoms with E-state index in [4.69, 9.17) is 16.2 Å². The van der Waals surface area contributed by atoms with Gasteiger partial charge in [0.1, 0.15) is 11.5 Å². The Bertz CT molecular complexity index is 754. The van der Waals surface area contributed by atoms with E-state index >= 15 is 0 Å². The molecule has 110 valence electrons. The summed E-state index contributed by atoms with van der Waals surface area (Å²) >= 11 is 0. The van der Waals surface area contributed by atoms with Crippen molar-refractivity contribution < 1.29 is 4.74 Å². The second kappa shape index (κ2) is 4.95. The van der Waals surface area contributed by atoms with Crippen LogP contribution in [0.25, 0.3) is 0 Å². The van der Waals surface area contributed by atoms with Crippen LogP contribution < -0.4 is 16.2 Å². The molecule has 2 aromatic rings. The summed E-state index contributed by atoms with van der Waals surface area (Å²) in [6, 6.07) is 11.8. The largest absolute Gasteiger partial charge is 0.457 e. The topological polar surface area (TPSA) is 61.3 Å². The predicted molar refractivity (Wildman–Crippen MR) is 90.1 cm³/mol. The van der Waals surface area contributed by atoms with Gasteiger partial charge in [0.05, 0.1) is 0 Å². The summed E-state index contributed by atoms with van der Waals surface area (Å²) in [6.45, 7) is 0. The zero-order valence-corrected chi connectivity index (χ0v) is 12.3.